The molecular weight excluding hydrogens is 571 g/mol. The minimum Gasteiger partial charge on any atom is -0.455 e. The summed E-state index contributed by atoms with van der Waals surface area (Å²) in [5.41, 5.74) is 7.76. The highest BCUT2D eigenvalue weighted by atomic mass is 32.1. The van der Waals surface area contributed by atoms with Crippen LogP contribution in [0.15, 0.2) is 144 Å². The predicted molar refractivity (Wildman–Crippen MR) is 187 cm³/mol. The van der Waals surface area contributed by atoms with Gasteiger partial charge in [0.25, 0.3) is 0 Å². The summed E-state index contributed by atoms with van der Waals surface area (Å²) in [5, 5.41) is 6.95. The Labute approximate surface area is 261 Å². The van der Waals surface area contributed by atoms with Gasteiger partial charge < -0.3 is 4.42 Å². The molecule has 0 saturated heterocycles. The molecule has 210 valence electrons. The fraction of sp³-hybridized carbons (Fsp3) is 0. The zero-order valence-corrected chi connectivity index (χ0v) is 24.8. The van der Waals surface area contributed by atoms with Crippen molar-refractivity contribution in [2.45, 2.75) is 0 Å². The smallest absolute Gasteiger partial charge is 0.235 e. The first-order valence-electron chi connectivity index (χ1n) is 15.0. The molecule has 0 spiro atoms. The summed E-state index contributed by atoms with van der Waals surface area (Å²) >= 11 is 1.83. The van der Waals surface area contributed by atoms with Crippen LogP contribution >= 0.6 is 11.3 Å². The average molecular weight is 594 g/mol. The standard InChI is InChI=1S/C40H23N3OS/c1-3-13-24(14-4-1)29-23-30(25-15-5-2-6-16-25)42-40(41-29)43-31-20-10-7-17-26(31)36-37(43)39-35(28-19-9-12-22-33(28)45-39)34-27-18-8-11-21-32(27)44-38(34)36/h1-23H. The van der Waals surface area contributed by atoms with Gasteiger partial charge in [-0.15, -0.1) is 11.3 Å². The molecule has 4 aromatic heterocycles. The summed E-state index contributed by atoms with van der Waals surface area (Å²) < 4.78 is 11.5. The van der Waals surface area contributed by atoms with Crippen molar-refractivity contribution in [2.75, 3.05) is 0 Å². The van der Waals surface area contributed by atoms with Gasteiger partial charge in [-0.25, -0.2) is 9.97 Å². The van der Waals surface area contributed by atoms with Gasteiger partial charge in [0.05, 0.1) is 32.5 Å². The van der Waals surface area contributed by atoms with Crippen LogP contribution < -0.4 is 0 Å². The summed E-state index contributed by atoms with van der Waals surface area (Å²) in [5.74, 6) is 0.635. The zero-order chi connectivity index (χ0) is 29.5. The van der Waals surface area contributed by atoms with Crippen LogP contribution in [0.25, 0.3) is 92.4 Å². The van der Waals surface area contributed by atoms with E-state index in [2.05, 4.69) is 126 Å². The van der Waals surface area contributed by atoms with Gasteiger partial charge in [0.2, 0.25) is 5.95 Å². The topological polar surface area (TPSA) is 43.9 Å². The number of hydrogen-bond donors (Lipinski definition) is 0. The molecule has 0 aliphatic rings. The highest BCUT2D eigenvalue weighted by Gasteiger charge is 2.26. The number of rotatable bonds is 3. The first-order valence-corrected chi connectivity index (χ1v) is 15.8. The van der Waals surface area contributed by atoms with E-state index in [1.54, 1.807) is 0 Å². The Kier molecular flexibility index (Phi) is 5.12. The van der Waals surface area contributed by atoms with E-state index in [1.165, 1.54) is 20.2 Å². The van der Waals surface area contributed by atoms with Crippen LogP contribution in [0.3, 0.4) is 0 Å². The zero-order valence-electron chi connectivity index (χ0n) is 23.9. The maximum Gasteiger partial charge on any atom is 0.235 e. The maximum absolute atomic E-state index is 6.79. The number of benzene rings is 6. The monoisotopic (exact) mass is 593 g/mol. The predicted octanol–water partition coefficient (Wildman–Crippen LogP) is 11.2. The first kappa shape index (κ1) is 24.6. The van der Waals surface area contributed by atoms with Crippen molar-refractivity contribution in [3.63, 3.8) is 0 Å². The van der Waals surface area contributed by atoms with E-state index in [4.69, 9.17) is 14.4 Å². The maximum atomic E-state index is 6.79. The Morgan fingerprint density at radius 1 is 0.533 bits per heavy atom. The minimum atomic E-state index is 0.635. The minimum absolute atomic E-state index is 0.635. The van der Waals surface area contributed by atoms with Gasteiger partial charge in [0.15, 0.2) is 0 Å². The second-order valence-electron chi connectivity index (χ2n) is 11.4. The largest absolute Gasteiger partial charge is 0.455 e. The van der Waals surface area contributed by atoms with Gasteiger partial charge in [-0.1, -0.05) is 115 Å². The van der Waals surface area contributed by atoms with Crippen LogP contribution in [0.1, 0.15) is 0 Å². The first-order chi connectivity index (χ1) is 22.3. The third-order valence-electron chi connectivity index (χ3n) is 8.81. The molecule has 45 heavy (non-hydrogen) atoms. The Bertz CT molecular complexity index is 2700. The number of nitrogens with zero attached hydrogens (tertiary/aromatic N) is 3. The van der Waals surface area contributed by atoms with Crippen LogP contribution in [0.4, 0.5) is 0 Å². The van der Waals surface area contributed by atoms with Gasteiger partial charge in [-0.3, -0.25) is 4.57 Å². The highest BCUT2D eigenvalue weighted by molar-refractivity contribution is 7.27. The van der Waals surface area contributed by atoms with Gasteiger partial charge in [0.1, 0.15) is 11.2 Å². The summed E-state index contributed by atoms with van der Waals surface area (Å²) in [6.45, 7) is 0. The quantitative estimate of drug-likeness (QED) is 0.205. The molecule has 0 saturated carbocycles. The fourth-order valence-electron chi connectivity index (χ4n) is 6.87. The van der Waals surface area contributed by atoms with Crippen molar-refractivity contribution in [3.05, 3.63) is 140 Å². The molecule has 4 nitrogen and oxygen atoms in total. The van der Waals surface area contributed by atoms with E-state index in [9.17, 15) is 0 Å². The van der Waals surface area contributed by atoms with Crippen LogP contribution in [0.5, 0.6) is 0 Å². The molecule has 0 fully saturated rings. The molecule has 0 amide bonds. The van der Waals surface area contributed by atoms with Crippen LogP contribution in [-0.2, 0) is 0 Å². The van der Waals surface area contributed by atoms with E-state index in [1.807, 2.05) is 29.5 Å². The van der Waals surface area contributed by atoms with E-state index >= 15 is 0 Å². The second kappa shape index (κ2) is 9.36. The normalized spacial score (nSPS) is 12.0. The van der Waals surface area contributed by atoms with E-state index in [0.29, 0.717) is 5.95 Å². The summed E-state index contributed by atoms with van der Waals surface area (Å²) in [6, 6.07) is 48.4. The number of fused-ring (bicyclic) bond motifs is 12. The average Bonchev–Trinajstić information content (AvgIpc) is 3.78. The van der Waals surface area contributed by atoms with Gasteiger partial charge in [-0.2, -0.15) is 0 Å². The Hall–Kier alpha value is -5.78. The van der Waals surface area contributed by atoms with Crippen LogP contribution in [-0.4, -0.2) is 14.5 Å². The SMILES string of the molecule is c1ccc(-c2cc(-c3ccccc3)nc(-n3c4ccccc4c4c5oc6ccccc6c5c5c6ccccc6sc5c43)n2)cc1. The van der Waals surface area contributed by atoms with Crippen molar-refractivity contribution in [2.24, 2.45) is 0 Å². The number of aromatic nitrogens is 3. The van der Waals surface area contributed by atoms with Crippen molar-refractivity contribution in [1.29, 1.82) is 0 Å². The van der Waals surface area contributed by atoms with E-state index < -0.39 is 0 Å². The molecule has 0 radical (unpaired) electrons. The lowest BCUT2D eigenvalue weighted by molar-refractivity contribution is 0.673. The summed E-state index contributed by atoms with van der Waals surface area (Å²) in [4.78, 5) is 10.6. The van der Waals surface area contributed by atoms with Crippen molar-refractivity contribution >= 4 is 75.3 Å². The van der Waals surface area contributed by atoms with Crippen LogP contribution in [0, 0.1) is 0 Å². The van der Waals surface area contributed by atoms with Gasteiger partial charge >= 0.3 is 0 Å². The Morgan fingerprint density at radius 2 is 1.13 bits per heavy atom. The number of thiophene rings is 1. The molecule has 0 unspecified atom stereocenters. The molecule has 5 heteroatoms. The van der Waals surface area contributed by atoms with Gasteiger partial charge in [-0.05, 0) is 24.3 Å². The molecule has 0 atom stereocenters. The lowest BCUT2D eigenvalue weighted by atomic mass is 10.0. The molecule has 0 bridgehead atoms. The van der Waals surface area contributed by atoms with Gasteiger partial charge in [0, 0.05) is 42.8 Å². The number of furan rings is 1. The molecule has 0 aliphatic carbocycles. The molecule has 4 heterocycles. The summed E-state index contributed by atoms with van der Waals surface area (Å²) in [6.07, 6.45) is 0. The van der Waals surface area contributed by atoms with Crippen LogP contribution in [0.2, 0.25) is 0 Å². The number of para-hydroxylation sites is 2. The summed E-state index contributed by atoms with van der Waals surface area (Å²) in [7, 11) is 0. The van der Waals surface area contributed by atoms with Crippen molar-refractivity contribution in [1.82, 2.24) is 14.5 Å². The molecule has 0 N–H and O–H groups in total. The molecule has 0 aliphatic heterocycles. The molecule has 6 aromatic carbocycles. The lowest BCUT2D eigenvalue weighted by Gasteiger charge is -2.12. The second-order valence-corrected chi connectivity index (χ2v) is 12.4. The Morgan fingerprint density at radius 3 is 1.87 bits per heavy atom. The fourth-order valence-corrected chi connectivity index (χ4v) is 8.12. The third kappa shape index (κ3) is 3.53. The lowest BCUT2D eigenvalue weighted by Crippen LogP contribution is -2.04. The third-order valence-corrected chi connectivity index (χ3v) is 9.99. The molecule has 10 aromatic rings. The molecular formula is C40H23N3OS. The van der Waals surface area contributed by atoms with E-state index in [0.717, 1.165) is 66.3 Å². The van der Waals surface area contributed by atoms with E-state index in [-0.39, 0.29) is 0 Å². The van der Waals surface area contributed by atoms with Crippen molar-refractivity contribution < 1.29 is 4.42 Å². The molecule has 10 rings (SSSR count). The highest BCUT2D eigenvalue weighted by Crippen LogP contribution is 2.50. The number of hydrogen-bond acceptors (Lipinski definition) is 4. The van der Waals surface area contributed by atoms with Crippen molar-refractivity contribution in [3.8, 4) is 28.5 Å². The Balaban J connectivity index is 1.44.